The largest absolute Gasteiger partial charge is 0.343 e. The van der Waals surface area contributed by atoms with Crippen molar-refractivity contribution in [2.75, 3.05) is 13.1 Å². The average Bonchev–Trinajstić information content (AvgIpc) is 2.05. The summed E-state index contributed by atoms with van der Waals surface area (Å²) in [5, 5.41) is 8.56. The second kappa shape index (κ2) is 3.38. The molecule has 3 nitrogen and oxygen atoms in total. The van der Waals surface area contributed by atoms with Crippen molar-refractivity contribution < 1.29 is 4.79 Å². The Bertz CT molecular complexity index is 187. The Labute approximate surface area is 66.6 Å². The molecule has 1 aliphatic rings. The molecule has 1 saturated heterocycles. The van der Waals surface area contributed by atoms with Gasteiger partial charge in [-0.3, -0.25) is 4.79 Å². The second-order valence-electron chi connectivity index (χ2n) is 2.91. The van der Waals surface area contributed by atoms with E-state index in [1.807, 2.05) is 0 Å². The van der Waals surface area contributed by atoms with Crippen LogP contribution in [0.3, 0.4) is 0 Å². The normalized spacial score (nSPS) is 19.5. The predicted molar refractivity (Wildman–Crippen MR) is 40.6 cm³/mol. The number of rotatable bonds is 0. The molecule has 0 unspecified atom stereocenters. The molecule has 0 N–H and O–H groups in total. The molecule has 11 heavy (non-hydrogen) atoms. The summed E-state index contributed by atoms with van der Waals surface area (Å²) in [7, 11) is 0. The molecule has 1 rings (SSSR count). The molecule has 1 aliphatic heterocycles. The molecule has 1 fully saturated rings. The Morgan fingerprint density at radius 2 is 2.09 bits per heavy atom. The molecule has 0 bridgehead atoms. The highest BCUT2D eigenvalue weighted by Crippen LogP contribution is 2.15. The minimum Gasteiger partial charge on any atom is -0.343 e. The van der Waals surface area contributed by atoms with Crippen molar-refractivity contribution in [3.8, 4) is 6.07 Å². The van der Waals surface area contributed by atoms with Crippen LogP contribution in [0.25, 0.3) is 0 Å². The van der Waals surface area contributed by atoms with Crippen LogP contribution < -0.4 is 0 Å². The Morgan fingerprint density at radius 3 is 2.45 bits per heavy atom. The summed E-state index contributed by atoms with van der Waals surface area (Å²) in [5.74, 6) is 0.298. The molecule has 1 heterocycles. The molecule has 0 aliphatic carbocycles. The van der Waals surface area contributed by atoms with Gasteiger partial charge in [0, 0.05) is 25.9 Å². The van der Waals surface area contributed by atoms with Gasteiger partial charge in [-0.05, 0) is 12.8 Å². The van der Waals surface area contributed by atoms with Gasteiger partial charge < -0.3 is 4.90 Å². The first-order valence-electron chi connectivity index (χ1n) is 3.89. The van der Waals surface area contributed by atoms with Gasteiger partial charge in [0.2, 0.25) is 5.91 Å². The van der Waals surface area contributed by atoms with Gasteiger partial charge in [-0.1, -0.05) is 0 Å². The number of hydrogen-bond donors (Lipinski definition) is 0. The van der Waals surface area contributed by atoms with Crippen LogP contribution in [0.5, 0.6) is 0 Å². The maximum atomic E-state index is 10.8. The van der Waals surface area contributed by atoms with E-state index >= 15 is 0 Å². The Morgan fingerprint density at radius 1 is 1.55 bits per heavy atom. The van der Waals surface area contributed by atoms with E-state index < -0.39 is 0 Å². The quantitative estimate of drug-likeness (QED) is 0.514. The van der Waals surface area contributed by atoms with Gasteiger partial charge in [0.25, 0.3) is 0 Å². The minimum absolute atomic E-state index is 0.126. The molecule has 0 atom stereocenters. The molecule has 0 aromatic carbocycles. The van der Waals surface area contributed by atoms with E-state index in [1.165, 1.54) is 0 Å². The highest BCUT2D eigenvalue weighted by molar-refractivity contribution is 5.73. The lowest BCUT2D eigenvalue weighted by molar-refractivity contribution is -0.129. The van der Waals surface area contributed by atoms with Crippen molar-refractivity contribution in [1.29, 1.82) is 5.26 Å². The number of nitriles is 1. The lowest BCUT2D eigenvalue weighted by Gasteiger charge is -2.27. The summed E-state index contributed by atoms with van der Waals surface area (Å²) in [6.07, 6.45) is 1.69. The number of carbonyl (C=O) groups excluding carboxylic acids is 1. The van der Waals surface area contributed by atoms with Gasteiger partial charge in [0.05, 0.1) is 6.07 Å². The first-order valence-corrected chi connectivity index (χ1v) is 3.89. The zero-order valence-corrected chi connectivity index (χ0v) is 6.71. The zero-order valence-electron chi connectivity index (χ0n) is 6.71. The minimum atomic E-state index is 0.126. The molecule has 0 aromatic rings. The van der Waals surface area contributed by atoms with E-state index in [-0.39, 0.29) is 11.8 Å². The highest BCUT2D eigenvalue weighted by Gasteiger charge is 2.19. The number of carbonyl (C=O) groups is 1. The van der Waals surface area contributed by atoms with Crippen molar-refractivity contribution in [3.63, 3.8) is 0 Å². The Kier molecular flexibility index (Phi) is 2.48. The number of likely N-dealkylation sites (tertiary alicyclic amines) is 1. The van der Waals surface area contributed by atoms with E-state index in [4.69, 9.17) is 5.26 Å². The third-order valence-electron chi connectivity index (χ3n) is 2.12. The van der Waals surface area contributed by atoms with Crippen LogP contribution in [0.4, 0.5) is 0 Å². The highest BCUT2D eigenvalue weighted by atomic mass is 16.2. The molecule has 0 aromatic heterocycles. The standard InChI is InChI=1S/C8H12N2O/c1-7(11)10-4-2-8(6-9)3-5-10/h8H,2-5H2,1H3. The van der Waals surface area contributed by atoms with Crippen LogP contribution in [-0.2, 0) is 4.79 Å². The molecule has 0 spiro atoms. The second-order valence-corrected chi connectivity index (χ2v) is 2.91. The van der Waals surface area contributed by atoms with Crippen molar-refractivity contribution in [1.82, 2.24) is 4.90 Å². The number of amides is 1. The number of nitrogens with zero attached hydrogens (tertiary/aromatic N) is 2. The van der Waals surface area contributed by atoms with Gasteiger partial charge in [-0.25, -0.2) is 0 Å². The van der Waals surface area contributed by atoms with Crippen LogP contribution >= 0.6 is 0 Å². The summed E-state index contributed by atoms with van der Waals surface area (Å²) < 4.78 is 0. The van der Waals surface area contributed by atoms with Crippen molar-refractivity contribution >= 4 is 5.91 Å². The number of piperidine rings is 1. The third kappa shape index (κ3) is 1.94. The Balaban J connectivity index is 2.37. The monoisotopic (exact) mass is 152 g/mol. The van der Waals surface area contributed by atoms with Crippen molar-refractivity contribution in [2.24, 2.45) is 5.92 Å². The summed E-state index contributed by atoms with van der Waals surface area (Å²) in [4.78, 5) is 12.6. The summed E-state index contributed by atoms with van der Waals surface area (Å²) in [5.41, 5.74) is 0. The topological polar surface area (TPSA) is 44.1 Å². The zero-order chi connectivity index (χ0) is 8.27. The molecule has 0 radical (unpaired) electrons. The van der Waals surface area contributed by atoms with Crippen LogP contribution in [0.1, 0.15) is 19.8 Å². The van der Waals surface area contributed by atoms with Gasteiger partial charge in [-0.2, -0.15) is 5.26 Å². The summed E-state index contributed by atoms with van der Waals surface area (Å²) in [6.45, 7) is 3.09. The molecule has 1 amide bonds. The van der Waals surface area contributed by atoms with Gasteiger partial charge in [0.15, 0.2) is 0 Å². The molecular formula is C8H12N2O. The lowest BCUT2D eigenvalue weighted by atomic mass is 9.99. The first-order chi connectivity index (χ1) is 5.24. The van der Waals surface area contributed by atoms with Gasteiger partial charge in [-0.15, -0.1) is 0 Å². The lowest BCUT2D eigenvalue weighted by Crippen LogP contribution is -2.36. The summed E-state index contributed by atoms with van der Waals surface area (Å²) >= 11 is 0. The maximum Gasteiger partial charge on any atom is 0.219 e. The SMILES string of the molecule is CC(=O)N1CCC(C#N)CC1. The fraction of sp³-hybridized carbons (Fsp3) is 0.750. The van der Waals surface area contributed by atoms with Gasteiger partial charge in [0.1, 0.15) is 0 Å². The van der Waals surface area contributed by atoms with Crippen LogP contribution in [0.15, 0.2) is 0 Å². The number of hydrogen-bond acceptors (Lipinski definition) is 2. The van der Waals surface area contributed by atoms with Crippen molar-refractivity contribution in [2.45, 2.75) is 19.8 Å². The smallest absolute Gasteiger partial charge is 0.219 e. The molecule has 60 valence electrons. The van der Waals surface area contributed by atoms with E-state index in [0.29, 0.717) is 0 Å². The fourth-order valence-corrected chi connectivity index (χ4v) is 1.32. The van der Waals surface area contributed by atoms with E-state index in [2.05, 4.69) is 6.07 Å². The van der Waals surface area contributed by atoms with E-state index in [0.717, 1.165) is 25.9 Å². The van der Waals surface area contributed by atoms with E-state index in [9.17, 15) is 4.79 Å². The third-order valence-corrected chi connectivity index (χ3v) is 2.12. The first kappa shape index (κ1) is 8.06. The van der Waals surface area contributed by atoms with Crippen LogP contribution in [0, 0.1) is 17.2 Å². The predicted octanol–water partition coefficient (Wildman–Crippen LogP) is 0.768. The van der Waals surface area contributed by atoms with Crippen LogP contribution in [-0.4, -0.2) is 23.9 Å². The Hall–Kier alpha value is -1.04. The van der Waals surface area contributed by atoms with Gasteiger partial charge >= 0.3 is 0 Å². The maximum absolute atomic E-state index is 10.8. The fourth-order valence-electron chi connectivity index (χ4n) is 1.32. The van der Waals surface area contributed by atoms with Crippen molar-refractivity contribution in [3.05, 3.63) is 0 Å². The molecular weight excluding hydrogens is 140 g/mol. The summed E-state index contributed by atoms with van der Waals surface area (Å²) in [6, 6.07) is 2.23. The van der Waals surface area contributed by atoms with E-state index in [1.54, 1.807) is 11.8 Å². The van der Waals surface area contributed by atoms with Crippen LogP contribution in [0.2, 0.25) is 0 Å². The average molecular weight is 152 g/mol. The molecule has 3 heteroatoms. The molecule has 0 saturated carbocycles.